The maximum absolute atomic E-state index is 15.0. The van der Waals surface area contributed by atoms with Crippen molar-refractivity contribution in [3.8, 4) is 0 Å². The normalized spacial score (nSPS) is 26.5. The highest BCUT2D eigenvalue weighted by Gasteiger charge is 2.64. The lowest BCUT2D eigenvalue weighted by Gasteiger charge is -2.44. The minimum absolute atomic E-state index is 0.207. The van der Waals surface area contributed by atoms with E-state index in [1.54, 1.807) is 120 Å². The molecular formula is C48H57N9O12S3. The van der Waals surface area contributed by atoms with Crippen LogP contribution < -0.4 is 43.0 Å². The first-order chi connectivity index (χ1) is 33.8. The van der Waals surface area contributed by atoms with E-state index >= 15 is 0 Å². The molecule has 24 heteroatoms. The molecule has 6 amide bonds. The van der Waals surface area contributed by atoms with Crippen LogP contribution in [-0.4, -0.2) is 140 Å². The number of aliphatic carboxylic acids is 3. The number of carbonyl (C=O) groups is 9. The molecule has 4 fully saturated rings. The minimum Gasteiger partial charge on any atom is -0.480 e. The number of carboxylic acid groups (broad SMARTS) is 3. The van der Waals surface area contributed by atoms with Gasteiger partial charge in [0.05, 0.1) is 10.7 Å². The Balaban J connectivity index is 1.19. The van der Waals surface area contributed by atoms with Crippen LogP contribution in [0.5, 0.6) is 0 Å². The van der Waals surface area contributed by atoms with E-state index in [2.05, 4.69) is 37.2 Å². The van der Waals surface area contributed by atoms with E-state index in [-0.39, 0.29) is 11.1 Å². The summed E-state index contributed by atoms with van der Waals surface area (Å²) in [6.45, 7) is 9.95. The van der Waals surface area contributed by atoms with Gasteiger partial charge >= 0.3 is 17.9 Å². The number of thioether (sulfide) groups is 3. The second-order valence-electron chi connectivity index (χ2n) is 19.3. The molecule has 7 rings (SSSR count). The first-order valence-electron chi connectivity index (χ1n) is 22.8. The number of fused-ring (bicyclic) bond motifs is 1. The molecular weight excluding hydrogens is 991 g/mol. The Morgan fingerprint density at radius 1 is 0.542 bits per heavy atom. The molecule has 3 aromatic rings. The highest BCUT2D eigenvalue weighted by molar-refractivity contribution is 8.02. The van der Waals surface area contributed by atoms with Crippen LogP contribution in [0.3, 0.4) is 0 Å². The number of rotatable bonds is 18. The molecule has 72 heavy (non-hydrogen) atoms. The van der Waals surface area contributed by atoms with Gasteiger partial charge in [-0.3, -0.25) is 49.0 Å². The van der Waals surface area contributed by atoms with Crippen molar-refractivity contribution in [3.63, 3.8) is 0 Å². The Labute approximate surface area is 427 Å². The summed E-state index contributed by atoms with van der Waals surface area (Å²) >= 11 is 3.31. The SMILES string of the molecule is CC1(C)S[C@@H]2[C@H](NC(=O)[C@H](NC(=O)[C@@H](NC(=O)[C@H](NC(=O)[C@@H](NC(=O)[C@H](N)c3ccccc3)C3N[C@@H](C(=O)O)C(C)(C)S3)c3ccccc3)C3N[C@@H](C(=O)O)C(C)(C)S3)c3ccccc3)C(=O)N2[C@H]1C(=O)O. The lowest BCUT2D eigenvalue weighted by molar-refractivity contribution is -0.161. The molecule has 384 valence electrons. The summed E-state index contributed by atoms with van der Waals surface area (Å²) in [5.74, 6) is -8.81. The fourth-order valence-electron chi connectivity index (χ4n) is 9.24. The zero-order chi connectivity index (χ0) is 52.6. The summed E-state index contributed by atoms with van der Waals surface area (Å²) in [5.41, 5.74) is 7.23. The van der Waals surface area contributed by atoms with Gasteiger partial charge < -0.3 is 52.5 Å². The van der Waals surface area contributed by atoms with Crippen LogP contribution in [-0.2, 0) is 43.2 Å². The van der Waals surface area contributed by atoms with Gasteiger partial charge in [-0.15, -0.1) is 35.3 Å². The molecule has 3 aromatic carbocycles. The molecule has 21 nitrogen and oxygen atoms in total. The van der Waals surface area contributed by atoms with Crippen LogP contribution >= 0.6 is 35.3 Å². The predicted molar refractivity (Wildman–Crippen MR) is 268 cm³/mol. The number of carboxylic acids is 3. The molecule has 0 aliphatic carbocycles. The molecule has 12 atom stereocenters. The van der Waals surface area contributed by atoms with E-state index in [4.69, 9.17) is 5.73 Å². The number of β-lactam (4-membered cyclic amide) rings is 1. The van der Waals surface area contributed by atoms with Gasteiger partial charge in [0.15, 0.2) is 0 Å². The van der Waals surface area contributed by atoms with Crippen LogP contribution in [0.2, 0.25) is 0 Å². The zero-order valence-electron chi connectivity index (χ0n) is 39.9. The van der Waals surface area contributed by atoms with E-state index in [1.165, 1.54) is 28.8 Å². The standard InChI is InChI=1S/C48H57N9O12S3/c1-46(2)31(43(64)65)55-39(70-46)28(52-34(58)25(49)22-16-10-7-11-17-22)37(61)50-26(23-18-12-8-13-19-23)35(59)53-29(40-56-32(44(66)67)47(3,4)71-40)38(62)51-27(24-20-14-9-15-21-24)36(60)54-30-41(63)57-33(45(68)69)48(5,6)72-42(30)57/h7-21,25-33,39-40,42,55-56H,49H2,1-6H3,(H,50,61)(H,51,62)(H,52,58)(H,53,59)(H,54,60)(H,64,65)(H,66,67)(H,68,69)/t25-,26-,27-,28-,29-,30-,31+,32+,33+,39?,40?,42-/m1/s1. The number of hydrogen-bond acceptors (Lipinski definition) is 15. The molecule has 4 aliphatic heterocycles. The molecule has 0 saturated carbocycles. The Bertz CT molecular complexity index is 2610. The van der Waals surface area contributed by atoms with Gasteiger partial charge in [0.2, 0.25) is 35.4 Å². The maximum atomic E-state index is 15.0. The monoisotopic (exact) mass is 1050 g/mol. The Morgan fingerprint density at radius 3 is 1.35 bits per heavy atom. The molecule has 0 spiro atoms. The van der Waals surface area contributed by atoms with Crippen LogP contribution in [0, 0.1) is 0 Å². The minimum atomic E-state index is -1.68. The van der Waals surface area contributed by atoms with Gasteiger partial charge in [-0.05, 0) is 58.2 Å². The molecule has 0 bridgehead atoms. The summed E-state index contributed by atoms with van der Waals surface area (Å²) < 4.78 is -2.96. The summed E-state index contributed by atoms with van der Waals surface area (Å²) in [7, 11) is 0. The third-order valence-corrected chi connectivity index (χ3v) is 17.5. The van der Waals surface area contributed by atoms with Gasteiger partial charge in [0.1, 0.15) is 59.8 Å². The number of amides is 6. The zero-order valence-corrected chi connectivity index (χ0v) is 42.3. The van der Waals surface area contributed by atoms with E-state index in [1.807, 2.05) is 0 Å². The lowest BCUT2D eigenvalue weighted by atomic mass is 9.95. The van der Waals surface area contributed by atoms with Crippen molar-refractivity contribution in [3.05, 3.63) is 108 Å². The number of nitrogens with zero attached hydrogens (tertiary/aromatic N) is 1. The first-order valence-corrected chi connectivity index (χ1v) is 25.4. The summed E-state index contributed by atoms with van der Waals surface area (Å²) in [5, 5.41) is 46.6. The number of hydrogen-bond donors (Lipinski definition) is 11. The van der Waals surface area contributed by atoms with E-state index in [0.29, 0.717) is 5.56 Å². The fraction of sp³-hybridized carbons (Fsp3) is 0.438. The van der Waals surface area contributed by atoms with Crippen molar-refractivity contribution < 1.29 is 58.5 Å². The van der Waals surface area contributed by atoms with Crippen molar-refractivity contribution in [2.45, 2.75) is 126 Å². The van der Waals surface area contributed by atoms with Gasteiger partial charge in [0, 0.05) is 14.2 Å². The number of carbonyl (C=O) groups excluding carboxylic acids is 6. The Hall–Kier alpha value is -6.18. The van der Waals surface area contributed by atoms with Gasteiger partial charge in [-0.25, -0.2) is 4.79 Å². The molecule has 2 unspecified atom stereocenters. The summed E-state index contributed by atoms with van der Waals surface area (Å²) in [4.78, 5) is 125. The smallest absolute Gasteiger partial charge is 0.327 e. The van der Waals surface area contributed by atoms with Crippen LogP contribution in [0.15, 0.2) is 91.0 Å². The van der Waals surface area contributed by atoms with E-state index in [0.717, 1.165) is 23.5 Å². The van der Waals surface area contributed by atoms with Gasteiger partial charge in [-0.1, -0.05) is 91.0 Å². The van der Waals surface area contributed by atoms with Crippen molar-refractivity contribution in [1.29, 1.82) is 0 Å². The highest BCUT2D eigenvalue weighted by atomic mass is 32.2. The maximum Gasteiger partial charge on any atom is 0.327 e. The van der Waals surface area contributed by atoms with Gasteiger partial charge in [0.25, 0.3) is 0 Å². The number of nitrogens with two attached hydrogens (primary N) is 1. The quantitative estimate of drug-likeness (QED) is 0.0785. The third-order valence-electron chi connectivity index (χ3n) is 13.0. The lowest BCUT2D eigenvalue weighted by Crippen LogP contribution is -2.71. The average Bonchev–Trinajstić information content (AvgIpc) is 3.94. The van der Waals surface area contributed by atoms with Crippen LogP contribution in [0.1, 0.15) is 76.4 Å². The number of benzene rings is 3. The van der Waals surface area contributed by atoms with E-state index in [9.17, 15) is 58.5 Å². The molecule has 0 aromatic heterocycles. The van der Waals surface area contributed by atoms with Crippen molar-refractivity contribution in [2.24, 2.45) is 5.73 Å². The Morgan fingerprint density at radius 2 is 0.944 bits per heavy atom. The second kappa shape index (κ2) is 21.1. The van der Waals surface area contributed by atoms with Gasteiger partial charge in [-0.2, -0.15) is 0 Å². The highest BCUT2D eigenvalue weighted by Crippen LogP contribution is 2.51. The average molecular weight is 1050 g/mol. The van der Waals surface area contributed by atoms with Crippen molar-refractivity contribution in [1.82, 2.24) is 42.1 Å². The third kappa shape index (κ3) is 11.1. The number of nitrogens with one attached hydrogen (secondary N) is 7. The predicted octanol–water partition coefficient (Wildman–Crippen LogP) is 0.791. The molecule has 4 saturated heterocycles. The van der Waals surface area contributed by atoms with Crippen LogP contribution in [0.25, 0.3) is 0 Å². The fourth-order valence-corrected chi connectivity index (χ4v) is 13.8. The summed E-state index contributed by atoms with van der Waals surface area (Å²) in [6, 6.07) is 11.9. The van der Waals surface area contributed by atoms with Crippen molar-refractivity contribution in [2.75, 3.05) is 0 Å². The topological polar surface area (TPSA) is 328 Å². The van der Waals surface area contributed by atoms with Crippen LogP contribution in [0.4, 0.5) is 0 Å². The first kappa shape index (κ1) is 53.6. The molecule has 0 radical (unpaired) electrons. The van der Waals surface area contributed by atoms with Crippen molar-refractivity contribution >= 4 is 88.6 Å². The largest absolute Gasteiger partial charge is 0.480 e. The summed E-state index contributed by atoms with van der Waals surface area (Å²) in [6.07, 6.45) is 0. The molecule has 4 aliphatic rings. The molecule has 4 heterocycles. The molecule has 12 N–H and O–H groups in total. The second-order valence-corrected chi connectivity index (χ2v) is 24.7. The Kier molecular flexibility index (Phi) is 15.7. The van der Waals surface area contributed by atoms with E-state index < -0.39 is 138 Å².